The summed E-state index contributed by atoms with van der Waals surface area (Å²) in [5, 5.41) is 36.9. The molecule has 1 saturated heterocycles. The summed E-state index contributed by atoms with van der Waals surface area (Å²) in [7, 11) is 0. The number of hydrogen-bond acceptors (Lipinski definition) is 10. The standard InChI is InChI=1S/C31H51N9O8/c1-17(2)24(30(47)48)40-25(42)18(3)36-28(45)22(15-19-9-5-4-6-10-19)38-29(46)23(16-41)39-27(44)21(12-8-14-35-31(32)33)37-26(43)20-11-7-13-34-20/h4-6,9-10,17-18,20-24,31,34-35,41H,7-8,11-16,32-33H2,1-3H3,(H,36,45)(H,37,43)(H,38,46)(H,39,44)(H,40,42)(H,47,48)/p+1/t18-,20-,21-,22-,23-,24-/m0/s1. The van der Waals surface area contributed by atoms with E-state index in [1.54, 1.807) is 44.2 Å². The van der Waals surface area contributed by atoms with E-state index in [9.17, 15) is 39.0 Å². The molecule has 1 aromatic carbocycles. The lowest BCUT2D eigenvalue weighted by molar-refractivity contribution is -0.657. The molecule has 0 aromatic heterocycles. The maximum Gasteiger partial charge on any atom is 0.326 e. The first-order valence-electron chi connectivity index (χ1n) is 16.2. The lowest BCUT2D eigenvalue weighted by Crippen LogP contribution is -2.89. The maximum atomic E-state index is 13.4. The van der Waals surface area contributed by atoms with Crippen LogP contribution in [0.25, 0.3) is 0 Å². The van der Waals surface area contributed by atoms with Gasteiger partial charge in [-0.15, -0.1) is 0 Å². The van der Waals surface area contributed by atoms with Crippen LogP contribution in [0.4, 0.5) is 0 Å². The maximum absolute atomic E-state index is 13.4. The molecule has 1 heterocycles. The van der Waals surface area contributed by atoms with Crippen LogP contribution >= 0.6 is 0 Å². The Morgan fingerprint density at radius 3 is 2.04 bits per heavy atom. The number of quaternary nitrogens is 1. The first-order chi connectivity index (χ1) is 22.7. The van der Waals surface area contributed by atoms with Gasteiger partial charge in [-0.25, -0.2) is 4.79 Å². The SMILES string of the molecule is CC(C)[C@H](NC(=O)[C@H](C)NC(=O)[C@H](Cc1ccccc1)NC(=O)[C@H](CO)NC(=O)[C@H](CCCNC(N)N)NC(=O)[C@@H]1CCC[NH2+]1)C(=O)O. The van der Waals surface area contributed by atoms with Crippen LogP contribution in [-0.4, -0.2) is 108 Å². The molecule has 0 aliphatic carbocycles. The fourth-order valence-corrected chi connectivity index (χ4v) is 5.10. The van der Waals surface area contributed by atoms with Crippen molar-refractivity contribution in [2.24, 2.45) is 17.4 Å². The summed E-state index contributed by atoms with van der Waals surface area (Å²) >= 11 is 0. The van der Waals surface area contributed by atoms with Crippen LogP contribution in [0.3, 0.4) is 0 Å². The van der Waals surface area contributed by atoms with E-state index in [0.717, 1.165) is 13.0 Å². The van der Waals surface area contributed by atoms with E-state index in [1.807, 2.05) is 5.32 Å². The fourth-order valence-electron chi connectivity index (χ4n) is 5.10. The summed E-state index contributed by atoms with van der Waals surface area (Å²) in [4.78, 5) is 77.2. The van der Waals surface area contributed by atoms with Crippen molar-refractivity contribution in [3.63, 3.8) is 0 Å². The quantitative estimate of drug-likeness (QED) is 0.0463. The average Bonchev–Trinajstić information content (AvgIpc) is 3.58. The number of carbonyl (C=O) groups excluding carboxylic acids is 5. The van der Waals surface area contributed by atoms with E-state index in [4.69, 9.17) is 11.5 Å². The summed E-state index contributed by atoms with van der Waals surface area (Å²) in [6.45, 7) is 4.97. The summed E-state index contributed by atoms with van der Waals surface area (Å²) in [5.74, 6) is -5.03. The number of carboxylic acids is 1. The van der Waals surface area contributed by atoms with Gasteiger partial charge in [-0.05, 0) is 37.8 Å². The summed E-state index contributed by atoms with van der Waals surface area (Å²) in [5.41, 5.74) is 11.7. The molecular formula is C31H52N9O8+. The van der Waals surface area contributed by atoms with Gasteiger partial charge in [-0.1, -0.05) is 44.2 Å². The highest BCUT2D eigenvalue weighted by atomic mass is 16.4. The number of carbonyl (C=O) groups is 6. The van der Waals surface area contributed by atoms with Gasteiger partial charge < -0.3 is 53.6 Å². The Labute approximate surface area is 280 Å². The number of amides is 5. The molecule has 2 rings (SSSR count). The van der Waals surface area contributed by atoms with Gasteiger partial charge in [0.05, 0.1) is 13.2 Å². The molecule has 6 atom stereocenters. The Morgan fingerprint density at radius 2 is 1.48 bits per heavy atom. The largest absolute Gasteiger partial charge is 0.480 e. The van der Waals surface area contributed by atoms with Gasteiger partial charge in [0.1, 0.15) is 36.5 Å². The summed E-state index contributed by atoms with van der Waals surface area (Å²) in [6.07, 6.45) is 1.35. The first kappa shape index (κ1) is 40.0. The van der Waals surface area contributed by atoms with Crippen molar-refractivity contribution in [2.45, 2.75) is 95.4 Å². The number of nitrogens with two attached hydrogens (primary N) is 3. The van der Waals surface area contributed by atoms with Crippen LogP contribution in [0.5, 0.6) is 0 Å². The number of aliphatic hydroxyl groups is 1. The van der Waals surface area contributed by atoms with Gasteiger partial charge in [-0.3, -0.25) is 29.3 Å². The van der Waals surface area contributed by atoms with Crippen LogP contribution in [0.15, 0.2) is 30.3 Å². The predicted molar refractivity (Wildman–Crippen MR) is 174 cm³/mol. The Kier molecular flexibility index (Phi) is 16.9. The Bertz CT molecular complexity index is 1230. The van der Waals surface area contributed by atoms with Crippen molar-refractivity contribution in [2.75, 3.05) is 19.7 Å². The minimum Gasteiger partial charge on any atom is -0.480 e. The molecule has 1 aliphatic rings. The topological polar surface area (TPSA) is 284 Å². The number of aliphatic hydroxyl groups excluding tert-OH is 1. The van der Waals surface area contributed by atoms with E-state index < -0.39 is 78.6 Å². The smallest absolute Gasteiger partial charge is 0.326 e. The van der Waals surface area contributed by atoms with Crippen LogP contribution in [0, 0.1) is 5.92 Å². The third-order valence-corrected chi connectivity index (χ3v) is 7.90. The van der Waals surface area contributed by atoms with Crippen LogP contribution in [0.1, 0.15) is 52.0 Å². The second-order valence-corrected chi connectivity index (χ2v) is 12.2. The molecule has 0 unspecified atom stereocenters. The van der Waals surface area contributed by atoms with Gasteiger partial charge >= 0.3 is 5.97 Å². The molecule has 17 nitrogen and oxygen atoms in total. The molecular weight excluding hydrogens is 626 g/mol. The van der Waals surface area contributed by atoms with E-state index >= 15 is 0 Å². The highest BCUT2D eigenvalue weighted by molar-refractivity contribution is 5.96. The highest BCUT2D eigenvalue weighted by Gasteiger charge is 2.33. The molecule has 1 fully saturated rings. The van der Waals surface area contributed by atoms with Crippen molar-refractivity contribution in [3.8, 4) is 0 Å². The van der Waals surface area contributed by atoms with Crippen molar-refractivity contribution >= 4 is 35.5 Å². The van der Waals surface area contributed by atoms with Gasteiger partial charge in [0.25, 0.3) is 5.91 Å². The molecule has 1 aromatic rings. The van der Waals surface area contributed by atoms with Crippen molar-refractivity contribution < 1.29 is 44.3 Å². The second-order valence-electron chi connectivity index (χ2n) is 12.2. The zero-order valence-corrected chi connectivity index (χ0v) is 27.7. The zero-order chi connectivity index (χ0) is 35.8. The molecule has 1 aliphatic heterocycles. The Hall–Kier alpha value is -4.16. The number of nitrogens with one attached hydrogen (secondary N) is 6. The normalized spacial score (nSPS) is 17.5. The van der Waals surface area contributed by atoms with Gasteiger partial charge in [0, 0.05) is 19.3 Å². The molecule has 5 amide bonds. The lowest BCUT2D eigenvalue weighted by Gasteiger charge is -2.26. The van der Waals surface area contributed by atoms with Gasteiger partial charge in [-0.2, -0.15) is 0 Å². The first-order valence-corrected chi connectivity index (χ1v) is 16.2. The second kappa shape index (κ2) is 20.3. The van der Waals surface area contributed by atoms with Gasteiger partial charge in [0.15, 0.2) is 6.04 Å². The lowest BCUT2D eigenvalue weighted by atomic mass is 10.0. The van der Waals surface area contributed by atoms with E-state index in [0.29, 0.717) is 24.9 Å². The number of hydrogen-bond donors (Lipinski definition) is 11. The monoisotopic (exact) mass is 678 g/mol. The summed E-state index contributed by atoms with van der Waals surface area (Å²) in [6, 6.07) is 2.27. The minimum atomic E-state index is -1.49. The summed E-state index contributed by atoms with van der Waals surface area (Å²) < 4.78 is 0. The molecule has 48 heavy (non-hydrogen) atoms. The zero-order valence-electron chi connectivity index (χ0n) is 27.7. The van der Waals surface area contributed by atoms with E-state index in [1.165, 1.54) is 6.92 Å². The third-order valence-electron chi connectivity index (χ3n) is 7.90. The molecule has 0 spiro atoms. The van der Waals surface area contributed by atoms with Crippen molar-refractivity contribution in [1.82, 2.24) is 31.9 Å². The number of benzene rings is 1. The third kappa shape index (κ3) is 13.5. The van der Waals surface area contributed by atoms with Crippen LogP contribution in [-0.2, 0) is 35.2 Å². The molecule has 0 bridgehead atoms. The Morgan fingerprint density at radius 1 is 0.854 bits per heavy atom. The fraction of sp³-hybridized carbons (Fsp3) is 0.613. The molecule has 0 saturated carbocycles. The van der Waals surface area contributed by atoms with Crippen LogP contribution < -0.4 is 48.7 Å². The van der Waals surface area contributed by atoms with Crippen molar-refractivity contribution in [1.29, 1.82) is 0 Å². The molecule has 268 valence electrons. The number of aliphatic carboxylic acids is 1. The van der Waals surface area contributed by atoms with Crippen molar-refractivity contribution in [3.05, 3.63) is 35.9 Å². The van der Waals surface area contributed by atoms with E-state index in [-0.39, 0.29) is 24.8 Å². The van der Waals surface area contributed by atoms with Gasteiger partial charge in [0.2, 0.25) is 23.6 Å². The van der Waals surface area contributed by atoms with Crippen LogP contribution in [0.2, 0.25) is 0 Å². The number of rotatable bonds is 20. The average molecular weight is 679 g/mol. The molecule has 17 heteroatoms. The number of carboxylic acid groups (broad SMARTS) is 1. The Balaban J connectivity index is 2.16. The predicted octanol–water partition coefficient (Wildman–Crippen LogP) is -4.30. The molecule has 14 N–H and O–H groups in total. The molecule has 0 radical (unpaired) electrons. The minimum absolute atomic E-state index is 0.00452. The van der Waals surface area contributed by atoms with E-state index in [2.05, 4.69) is 31.9 Å². The highest BCUT2D eigenvalue weighted by Crippen LogP contribution is 2.07.